The third-order valence-electron chi connectivity index (χ3n) is 3.77. The molecule has 1 fully saturated rings. The van der Waals surface area contributed by atoms with Crippen molar-refractivity contribution < 1.29 is 9.90 Å². The maximum Gasteiger partial charge on any atom is 0.224 e. The van der Waals surface area contributed by atoms with Crippen LogP contribution in [0.2, 0.25) is 0 Å². The standard InChI is InChI=1S/C13H26N2O2/c1-9(16)10-5-6-15(8-10)12(17)7-11(14)13(2,3)4/h9-11,16H,5-8,14H2,1-4H3. The van der Waals surface area contributed by atoms with Gasteiger partial charge in [0.2, 0.25) is 5.91 Å². The van der Waals surface area contributed by atoms with Crippen LogP contribution in [0.15, 0.2) is 0 Å². The number of carbonyl (C=O) groups excluding carboxylic acids is 1. The van der Waals surface area contributed by atoms with Crippen molar-refractivity contribution in [1.29, 1.82) is 0 Å². The molecule has 1 amide bonds. The first-order chi connectivity index (χ1) is 7.71. The highest BCUT2D eigenvalue weighted by molar-refractivity contribution is 5.77. The smallest absolute Gasteiger partial charge is 0.224 e. The predicted molar refractivity (Wildman–Crippen MR) is 68.4 cm³/mol. The number of nitrogens with two attached hydrogens (primary N) is 1. The fraction of sp³-hybridized carbons (Fsp3) is 0.923. The van der Waals surface area contributed by atoms with Crippen molar-refractivity contribution >= 4 is 5.91 Å². The molecule has 100 valence electrons. The molecule has 1 saturated heterocycles. The SMILES string of the molecule is CC(O)C1CCN(C(=O)CC(N)C(C)(C)C)C1. The highest BCUT2D eigenvalue weighted by Crippen LogP contribution is 2.24. The van der Waals surface area contributed by atoms with Crippen LogP contribution >= 0.6 is 0 Å². The summed E-state index contributed by atoms with van der Waals surface area (Å²) in [6.45, 7) is 9.37. The maximum absolute atomic E-state index is 12.0. The number of amides is 1. The topological polar surface area (TPSA) is 66.6 Å². The zero-order valence-corrected chi connectivity index (χ0v) is 11.4. The molecule has 0 spiro atoms. The monoisotopic (exact) mass is 242 g/mol. The lowest BCUT2D eigenvalue weighted by atomic mass is 9.85. The molecule has 1 aliphatic rings. The Balaban J connectivity index is 2.45. The van der Waals surface area contributed by atoms with Crippen molar-refractivity contribution in [2.24, 2.45) is 17.1 Å². The van der Waals surface area contributed by atoms with Crippen LogP contribution in [0.4, 0.5) is 0 Å². The lowest BCUT2D eigenvalue weighted by Crippen LogP contribution is -2.41. The van der Waals surface area contributed by atoms with E-state index in [1.807, 2.05) is 25.7 Å². The van der Waals surface area contributed by atoms with E-state index in [4.69, 9.17) is 5.73 Å². The molecule has 0 radical (unpaired) electrons. The third-order valence-corrected chi connectivity index (χ3v) is 3.77. The molecule has 1 heterocycles. The van der Waals surface area contributed by atoms with Crippen molar-refractivity contribution in [2.45, 2.75) is 52.7 Å². The molecule has 3 unspecified atom stereocenters. The van der Waals surface area contributed by atoms with Crippen LogP contribution in [-0.2, 0) is 4.79 Å². The van der Waals surface area contributed by atoms with Crippen LogP contribution in [-0.4, -0.2) is 41.1 Å². The lowest BCUT2D eigenvalue weighted by Gasteiger charge is -2.28. The Bertz CT molecular complexity index is 271. The summed E-state index contributed by atoms with van der Waals surface area (Å²) in [7, 11) is 0. The zero-order chi connectivity index (χ0) is 13.2. The number of aliphatic hydroxyl groups excluding tert-OH is 1. The highest BCUT2D eigenvalue weighted by atomic mass is 16.3. The average molecular weight is 242 g/mol. The Morgan fingerprint density at radius 2 is 2.12 bits per heavy atom. The summed E-state index contributed by atoms with van der Waals surface area (Å²) in [6, 6.07) is -0.111. The first kappa shape index (κ1) is 14.5. The van der Waals surface area contributed by atoms with Crippen LogP contribution in [0, 0.1) is 11.3 Å². The summed E-state index contributed by atoms with van der Waals surface area (Å²) in [6.07, 6.45) is 0.966. The van der Waals surface area contributed by atoms with Crippen LogP contribution in [0.3, 0.4) is 0 Å². The first-order valence-electron chi connectivity index (χ1n) is 6.43. The lowest BCUT2D eigenvalue weighted by molar-refractivity contribution is -0.131. The molecular weight excluding hydrogens is 216 g/mol. The summed E-state index contributed by atoms with van der Waals surface area (Å²) in [5.41, 5.74) is 5.97. The summed E-state index contributed by atoms with van der Waals surface area (Å²) < 4.78 is 0. The van der Waals surface area contributed by atoms with Gasteiger partial charge in [0.05, 0.1) is 6.10 Å². The quantitative estimate of drug-likeness (QED) is 0.775. The number of likely N-dealkylation sites (tertiary alicyclic amines) is 1. The molecule has 0 aromatic carbocycles. The number of hydrogen-bond donors (Lipinski definition) is 2. The normalized spacial score (nSPS) is 24.8. The Hall–Kier alpha value is -0.610. The van der Waals surface area contributed by atoms with Crippen molar-refractivity contribution in [1.82, 2.24) is 4.90 Å². The van der Waals surface area contributed by atoms with Gasteiger partial charge in [-0.25, -0.2) is 0 Å². The Morgan fingerprint density at radius 1 is 1.53 bits per heavy atom. The summed E-state index contributed by atoms with van der Waals surface area (Å²) >= 11 is 0. The van der Waals surface area contributed by atoms with E-state index in [9.17, 15) is 9.90 Å². The second-order valence-corrected chi connectivity index (χ2v) is 6.31. The molecule has 3 atom stereocenters. The van der Waals surface area contributed by atoms with Gasteiger partial charge in [0.1, 0.15) is 0 Å². The van der Waals surface area contributed by atoms with Crippen LogP contribution < -0.4 is 5.73 Å². The van der Waals surface area contributed by atoms with Crippen LogP contribution in [0.1, 0.15) is 40.5 Å². The van der Waals surface area contributed by atoms with Gasteiger partial charge in [-0.15, -0.1) is 0 Å². The van der Waals surface area contributed by atoms with Gasteiger partial charge in [-0.2, -0.15) is 0 Å². The van der Waals surface area contributed by atoms with E-state index in [-0.39, 0.29) is 29.4 Å². The highest BCUT2D eigenvalue weighted by Gasteiger charge is 2.31. The summed E-state index contributed by atoms with van der Waals surface area (Å²) in [4.78, 5) is 13.9. The summed E-state index contributed by atoms with van der Waals surface area (Å²) in [5, 5.41) is 9.50. The van der Waals surface area contributed by atoms with E-state index >= 15 is 0 Å². The molecular formula is C13H26N2O2. The zero-order valence-electron chi connectivity index (χ0n) is 11.4. The molecule has 0 aromatic rings. The van der Waals surface area contributed by atoms with Gasteiger partial charge >= 0.3 is 0 Å². The predicted octanol–water partition coefficient (Wildman–Crippen LogP) is 0.979. The van der Waals surface area contributed by atoms with E-state index in [1.165, 1.54) is 0 Å². The van der Waals surface area contributed by atoms with E-state index in [0.717, 1.165) is 13.0 Å². The number of hydrogen-bond acceptors (Lipinski definition) is 3. The minimum Gasteiger partial charge on any atom is -0.393 e. The van der Waals surface area contributed by atoms with Gasteiger partial charge in [0.15, 0.2) is 0 Å². The number of aliphatic hydroxyl groups is 1. The van der Waals surface area contributed by atoms with Crippen molar-refractivity contribution in [3.8, 4) is 0 Å². The van der Waals surface area contributed by atoms with E-state index in [2.05, 4.69) is 0 Å². The minimum absolute atomic E-state index is 0.0426. The molecule has 4 heteroatoms. The molecule has 0 aliphatic carbocycles. The fourth-order valence-corrected chi connectivity index (χ4v) is 2.03. The molecule has 17 heavy (non-hydrogen) atoms. The van der Waals surface area contributed by atoms with Gasteiger partial charge in [-0.05, 0) is 18.8 Å². The number of carbonyl (C=O) groups is 1. The number of rotatable bonds is 3. The average Bonchev–Trinajstić information content (AvgIpc) is 2.64. The third kappa shape index (κ3) is 3.96. The molecule has 1 aliphatic heterocycles. The van der Waals surface area contributed by atoms with Gasteiger partial charge in [0, 0.05) is 31.5 Å². The van der Waals surface area contributed by atoms with Crippen molar-refractivity contribution in [2.75, 3.05) is 13.1 Å². The molecule has 0 aromatic heterocycles. The van der Waals surface area contributed by atoms with E-state index < -0.39 is 0 Å². The van der Waals surface area contributed by atoms with Gasteiger partial charge in [0.25, 0.3) is 0 Å². The number of nitrogens with zero attached hydrogens (tertiary/aromatic N) is 1. The molecule has 4 nitrogen and oxygen atoms in total. The van der Waals surface area contributed by atoms with Crippen LogP contribution in [0.25, 0.3) is 0 Å². The van der Waals surface area contributed by atoms with E-state index in [0.29, 0.717) is 13.0 Å². The fourth-order valence-electron chi connectivity index (χ4n) is 2.03. The largest absolute Gasteiger partial charge is 0.393 e. The minimum atomic E-state index is -0.330. The van der Waals surface area contributed by atoms with Crippen molar-refractivity contribution in [3.63, 3.8) is 0 Å². The van der Waals surface area contributed by atoms with Crippen molar-refractivity contribution in [3.05, 3.63) is 0 Å². The molecule has 0 saturated carbocycles. The van der Waals surface area contributed by atoms with E-state index in [1.54, 1.807) is 6.92 Å². The van der Waals surface area contributed by atoms with Gasteiger partial charge in [-0.3, -0.25) is 4.79 Å². The second kappa shape index (κ2) is 5.36. The van der Waals surface area contributed by atoms with Gasteiger partial charge < -0.3 is 15.7 Å². The molecule has 0 bridgehead atoms. The first-order valence-corrected chi connectivity index (χ1v) is 6.43. The maximum atomic E-state index is 12.0. The van der Waals surface area contributed by atoms with Crippen LogP contribution in [0.5, 0.6) is 0 Å². The Labute approximate surface area is 104 Å². The van der Waals surface area contributed by atoms with Gasteiger partial charge in [-0.1, -0.05) is 20.8 Å². The molecule has 1 rings (SSSR count). The Morgan fingerprint density at radius 3 is 2.53 bits per heavy atom. The Kier molecular flexibility index (Phi) is 4.55. The summed E-state index contributed by atoms with van der Waals surface area (Å²) in [5.74, 6) is 0.348. The second-order valence-electron chi connectivity index (χ2n) is 6.31. The molecule has 3 N–H and O–H groups in total.